The van der Waals surface area contributed by atoms with Crippen LogP contribution >= 0.6 is 0 Å². The first-order chi connectivity index (χ1) is 9.97. The first-order valence-electron chi connectivity index (χ1n) is 7.23. The van der Waals surface area contributed by atoms with Crippen LogP contribution in [0, 0.1) is 6.92 Å². The number of rotatable bonds is 1. The zero-order valence-electron chi connectivity index (χ0n) is 12.7. The van der Waals surface area contributed by atoms with Crippen molar-refractivity contribution in [3.05, 3.63) is 57.6 Å². The highest BCUT2D eigenvalue weighted by Gasteiger charge is 2.42. The van der Waals surface area contributed by atoms with Crippen molar-refractivity contribution in [3.63, 3.8) is 0 Å². The summed E-state index contributed by atoms with van der Waals surface area (Å²) >= 11 is 0. The topological polar surface area (TPSA) is 47.3 Å². The van der Waals surface area contributed by atoms with E-state index in [1.807, 2.05) is 32.9 Å². The van der Waals surface area contributed by atoms with E-state index < -0.39 is 5.78 Å². The van der Waals surface area contributed by atoms with Gasteiger partial charge in [-0.05, 0) is 43.9 Å². The standard InChI is InChI=1S/C18H18O3/c1-5-11-12(9(2)3)6-7-13-15(11)17(20)16(19)14-10(4)8-21-18(13)14/h6-8,13H,5H2,1-4H3. The van der Waals surface area contributed by atoms with Gasteiger partial charge in [-0.15, -0.1) is 0 Å². The summed E-state index contributed by atoms with van der Waals surface area (Å²) in [7, 11) is 0. The van der Waals surface area contributed by atoms with Gasteiger partial charge in [0.05, 0.1) is 17.7 Å². The lowest BCUT2D eigenvalue weighted by Gasteiger charge is -2.28. The van der Waals surface area contributed by atoms with Crippen LogP contribution < -0.4 is 0 Å². The Labute approximate surface area is 124 Å². The van der Waals surface area contributed by atoms with Crippen molar-refractivity contribution in [1.29, 1.82) is 0 Å². The zero-order chi connectivity index (χ0) is 15.3. The van der Waals surface area contributed by atoms with Crippen molar-refractivity contribution in [2.24, 2.45) is 0 Å². The van der Waals surface area contributed by atoms with E-state index in [0.29, 0.717) is 16.9 Å². The van der Waals surface area contributed by atoms with E-state index >= 15 is 0 Å². The Balaban J connectivity index is 2.32. The Morgan fingerprint density at radius 2 is 1.95 bits per heavy atom. The number of Topliss-reactive ketones (excluding diaryl/α,β-unsaturated/α-hetero) is 2. The SMILES string of the molecule is CCC1=C2C(=O)C(=O)c3c(C)coc3C2C=CC1=C(C)C. The molecule has 0 spiro atoms. The maximum atomic E-state index is 12.6. The van der Waals surface area contributed by atoms with Gasteiger partial charge in [0.1, 0.15) is 5.76 Å². The van der Waals surface area contributed by atoms with E-state index in [0.717, 1.165) is 28.7 Å². The van der Waals surface area contributed by atoms with Crippen LogP contribution in [0.15, 0.2) is 45.1 Å². The summed E-state index contributed by atoms with van der Waals surface area (Å²) in [6, 6.07) is 0. The molecule has 3 heteroatoms. The predicted molar refractivity (Wildman–Crippen MR) is 80.4 cm³/mol. The molecule has 1 aromatic rings. The number of carbonyl (C=O) groups is 2. The third kappa shape index (κ3) is 1.80. The second kappa shape index (κ2) is 4.69. The highest BCUT2D eigenvalue weighted by atomic mass is 16.3. The fourth-order valence-electron chi connectivity index (χ4n) is 3.29. The van der Waals surface area contributed by atoms with E-state index in [9.17, 15) is 9.59 Å². The average molecular weight is 282 g/mol. The smallest absolute Gasteiger partial charge is 0.237 e. The van der Waals surface area contributed by atoms with Crippen molar-refractivity contribution in [2.45, 2.75) is 40.0 Å². The Hall–Kier alpha value is -2.16. The summed E-state index contributed by atoms with van der Waals surface area (Å²) in [5, 5.41) is 0. The fourth-order valence-corrected chi connectivity index (χ4v) is 3.29. The number of fused-ring (bicyclic) bond motifs is 3. The zero-order valence-corrected chi connectivity index (χ0v) is 12.7. The number of aryl methyl sites for hydroxylation is 1. The molecule has 3 rings (SSSR count). The van der Waals surface area contributed by atoms with E-state index in [1.54, 1.807) is 13.2 Å². The lowest BCUT2D eigenvalue weighted by Crippen LogP contribution is -2.30. The van der Waals surface area contributed by atoms with Gasteiger partial charge < -0.3 is 4.42 Å². The normalized spacial score (nSPS) is 20.8. The first kappa shape index (κ1) is 13.8. The molecule has 3 nitrogen and oxygen atoms in total. The minimum absolute atomic E-state index is 0.225. The molecule has 2 aliphatic rings. The van der Waals surface area contributed by atoms with Crippen molar-refractivity contribution in [2.75, 3.05) is 0 Å². The van der Waals surface area contributed by atoms with Crippen LogP contribution in [0.4, 0.5) is 0 Å². The number of ketones is 2. The van der Waals surface area contributed by atoms with Crippen LogP contribution in [0.5, 0.6) is 0 Å². The average Bonchev–Trinajstić information content (AvgIpc) is 2.85. The maximum Gasteiger partial charge on any atom is 0.237 e. The van der Waals surface area contributed by atoms with Crippen molar-refractivity contribution < 1.29 is 14.0 Å². The van der Waals surface area contributed by atoms with Crippen LogP contribution in [-0.4, -0.2) is 11.6 Å². The maximum absolute atomic E-state index is 12.6. The summed E-state index contributed by atoms with van der Waals surface area (Å²) in [4.78, 5) is 25.0. The van der Waals surface area contributed by atoms with Crippen LogP contribution in [0.3, 0.4) is 0 Å². The van der Waals surface area contributed by atoms with E-state index in [4.69, 9.17) is 4.42 Å². The lowest BCUT2D eigenvalue weighted by atomic mass is 9.73. The Morgan fingerprint density at radius 1 is 1.24 bits per heavy atom. The molecule has 0 bridgehead atoms. The second-order valence-corrected chi connectivity index (χ2v) is 5.81. The van der Waals surface area contributed by atoms with Gasteiger partial charge in [0.15, 0.2) is 0 Å². The molecule has 0 N–H and O–H groups in total. The van der Waals surface area contributed by atoms with Gasteiger partial charge in [0, 0.05) is 5.57 Å². The molecular formula is C18H18O3. The molecule has 0 saturated heterocycles. The third-order valence-corrected chi connectivity index (χ3v) is 4.27. The largest absolute Gasteiger partial charge is 0.467 e. The van der Waals surface area contributed by atoms with Gasteiger partial charge in [-0.1, -0.05) is 24.6 Å². The highest BCUT2D eigenvalue weighted by Crippen LogP contribution is 2.44. The van der Waals surface area contributed by atoms with Gasteiger partial charge >= 0.3 is 0 Å². The molecule has 108 valence electrons. The minimum Gasteiger partial charge on any atom is -0.467 e. The summed E-state index contributed by atoms with van der Waals surface area (Å²) in [5.41, 5.74) is 4.98. The first-order valence-corrected chi connectivity index (χ1v) is 7.23. The molecule has 0 saturated carbocycles. The minimum atomic E-state index is -0.433. The molecule has 0 aromatic carbocycles. The molecule has 1 atom stereocenters. The van der Waals surface area contributed by atoms with Crippen molar-refractivity contribution in [1.82, 2.24) is 0 Å². The van der Waals surface area contributed by atoms with Crippen LogP contribution in [0.25, 0.3) is 0 Å². The summed E-state index contributed by atoms with van der Waals surface area (Å²) in [6.45, 7) is 7.86. The third-order valence-electron chi connectivity index (χ3n) is 4.27. The molecule has 0 fully saturated rings. The molecule has 21 heavy (non-hydrogen) atoms. The Morgan fingerprint density at radius 3 is 2.57 bits per heavy atom. The highest BCUT2D eigenvalue weighted by molar-refractivity contribution is 6.51. The van der Waals surface area contributed by atoms with E-state index in [1.165, 1.54) is 0 Å². The summed E-state index contributed by atoms with van der Waals surface area (Å²) in [5.74, 6) is -0.423. The van der Waals surface area contributed by atoms with Crippen LogP contribution in [-0.2, 0) is 4.79 Å². The molecule has 1 unspecified atom stereocenters. The lowest BCUT2D eigenvalue weighted by molar-refractivity contribution is -0.112. The number of allylic oxidation sites excluding steroid dienone is 6. The van der Waals surface area contributed by atoms with Crippen LogP contribution in [0.2, 0.25) is 0 Å². The van der Waals surface area contributed by atoms with Crippen LogP contribution in [0.1, 0.15) is 54.8 Å². The molecular weight excluding hydrogens is 264 g/mol. The number of hydrogen-bond donors (Lipinski definition) is 0. The Kier molecular flexibility index (Phi) is 3.08. The fraction of sp³-hybridized carbons (Fsp3) is 0.333. The van der Waals surface area contributed by atoms with Crippen molar-refractivity contribution in [3.8, 4) is 0 Å². The molecule has 1 aromatic heterocycles. The van der Waals surface area contributed by atoms with Gasteiger partial charge in [0.25, 0.3) is 0 Å². The monoisotopic (exact) mass is 282 g/mol. The van der Waals surface area contributed by atoms with E-state index in [2.05, 4.69) is 0 Å². The molecule has 0 aliphatic heterocycles. The quantitative estimate of drug-likeness (QED) is 0.730. The number of hydrogen-bond acceptors (Lipinski definition) is 3. The molecule has 1 heterocycles. The number of furan rings is 1. The van der Waals surface area contributed by atoms with Gasteiger partial charge in [-0.2, -0.15) is 0 Å². The Bertz CT molecular complexity index is 749. The predicted octanol–water partition coefficient (Wildman–Crippen LogP) is 4.05. The van der Waals surface area contributed by atoms with Crippen molar-refractivity contribution >= 4 is 11.6 Å². The summed E-state index contributed by atoms with van der Waals surface area (Å²) in [6.07, 6.45) is 6.31. The second-order valence-electron chi connectivity index (χ2n) is 5.81. The molecule has 2 aliphatic carbocycles. The van der Waals surface area contributed by atoms with Gasteiger partial charge in [0.2, 0.25) is 11.6 Å². The summed E-state index contributed by atoms with van der Waals surface area (Å²) < 4.78 is 5.59. The molecule has 0 amide bonds. The van der Waals surface area contributed by atoms with Gasteiger partial charge in [-0.25, -0.2) is 0 Å². The molecule has 0 radical (unpaired) electrons. The van der Waals surface area contributed by atoms with E-state index in [-0.39, 0.29) is 11.7 Å². The van der Waals surface area contributed by atoms with Gasteiger partial charge in [-0.3, -0.25) is 9.59 Å². The number of carbonyl (C=O) groups excluding carboxylic acids is 2.